The maximum atomic E-state index is 11.9. The van der Waals surface area contributed by atoms with Crippen LogP contribution in [0, 0.1) is 0 Å². The van der Waals surface area contributed by atoms with Crippen LogP contribution in [0.5, 0.6) is 0 Å². The fourth-order valence-electron chi connectivity index (χ4n) is 4.20. The zero-order chi connectivity index (χ0) is 19.1. The van der Waals surface area contributed by atoms with Gasteiger partial charge in [0.25, 0.3) is 0 Å². The second-order valence-electron chi connectivity index (χ2n) is 6.94. The predicted octanol–water partition coefficient (Wildman–Crippen LogP) is 2.56. The van der Waals surface area contributed by atoms with Crippen molar-refractivity contribution in [2.24, 2.45) is 0 Å². The third kappa shape index (κ3) is 3.22. The van der Waals surface area contributed by atoms with Crippen molar-refractivity contribution in [3.63, 3.8) is 0 Å². The third-order valence-corrected chi connectivity index (χ3v) is 6.34. The lowest BCUT2D eigenvalue weighted by atomic mass is 9.78. The molecular formula is C19H18N2O5S. The topological polar surface area (TPSA) is 107 Å². The van der Waals surface area contributed by atoms with Crippen LogP contribution < -0.4 is 5.32 Å². The second kappa shape index (κ2) is 6.79. The molecule has 1 aromatic heterocycles. The van der Waals surface area contributed by atoms with E-state index in [9.17, 15) is 19.5 Å². The largest absolute Gasteiger partial charge is 0.478 e. The van der Waals surface area contributed by atoms with Gasteiger partial charge in [-0.3, -0.25) is 9.69 Å². The summed E-state index contributed by atoms with van der Waals surface area (Å²) in [7, 11) is 0. The number of thiophene rings is 1. The Kier molecular flexibility index (Phi) is 4.45. The van der Waals surface area contributed by atoms with Crippen LogP contribution in [0.25, 0.3) is 0 Å². The van der Waals surface area contributed by atoms with Crippen LogP contribution in [-0.4, -0.2) is 46.0 Å². The third-order valence-electron chi connectivity index (χ3n) is 5.23. The van der Waals surface area contributed by atoms with E-state index in [0.29, 0.717) is 12.5 Å². The standard InChI is InChI=1S/C19H18N2O5S/c22-16(19(25)26)20-17-15(18(23)24)14-12-6-11(10-4-2-1-3-5-10)7-21(8-12)9-13(14)27-17/h1-5,11-12H,6-9H2,(H,20,22)(H,23,24)(H,25,26). The van der Waals surface area contributed by atoms with Gasteiger partial charge in [-0.25, -0.2) is 9.59 Å². The van der Waals surface area contributed by atoms with E-state index < -0.39 is 17.8 Å². The minimum absolute atomic E-state index is 0.0444. The van der Waals surface area contributed by atoms with Crippen molar-refractivity contribution in [1.82, 2.24) is 4.90 Å². The Balaban J connectivity index is 1.70. The molecule has 4 rings (SSSR count). The molecule has 0 radical (unpaired) electrons. The molecule has 8 heteroatoms. The van der Waals surface area contributed by atoms with Crippen LogP contribution >= 0.6 is 11.3 Å². The average Bonchev–Trinajstić information content (AvgIpc) is 3.00. The zero-order valence-corrected chi connectivity index (χ0v) is 15.2. The molecule has 2 bridgehead atoms. The number of hydrogen-bond acceptors (Lipinski definition) is 5. The van der Waals surface area contributed by atoms with Gasteiger partial charge in [0, 0.05) is 24.5 Å². The Labute approximate surface area is 159 Å². The van der Waals surface area contributed by atoms with Crippen LogP contribution in [0.2, 0.25) is 0 Å². The molecule has 1 amide bonds. The normalized spacial score (nSPS) is 23.3. The number of carbonyl (C=O) groups is 3. The van der Waals surface area contributed by atoms with E-state index in [1.54, 1.807) is 0 Å². The Morgan fingerprint density at radius 1 is 1.07 bits per heavy atom. The minimum Gasteiger partial charge on any atom is -0.478 e. The van der Waals surface area contributed by atoms with E-state index in [0.717, 1.165) is 30.0 Å². The van der Waals surface area contributed by atoms with Gasteiger partial charge in [-0.1, -0.05) is 30.3 Å². The summed E-state index contributed by atoms with van der Waals surface area (Å²) < 4.78 is 0. The monoisotopic (exact) mass is 386 g/mol. The molecule has 2 aliphatic heterocycles. The molecule has 27 heavy (non-hydrogen) atoms. The highest BCUT2D eigenvalue weighted by Crippen LogP contribution is 2.47. The SMILES string of the molecule is O=C(O)C(=O)Nc1sc2c(c1C(=O)O)C1CC(c3ccccc3)CN(C2)C1. The number of piperidine rings is 1. The quantitative estimate of drug-likeness (QED) is 0.700. The summed E-state index contributed by atoms with van der Waals surface area (Å²) in [6.45, 7) is 2.29. The number of fused-ring (bicyclic) bond motifs is 4. The van der Waals surface area contributed by atoms with Gasteiger partial charge in [0.2, 0.25) is 0 Å². The summed E-state index contributed by atoms with van der Waals surface area (Å²) in [5.74, 6) is -3.63. The number of carboxylic acid groups (broad SMARTS) is 2. The number of carboxylic acids is 2. The Morgan fingerprint density at radius 2 is 1.78 bits per heavy atom. The highest BCUT2D eigenvalue weighted by atomic mass is 32.1. The molecule has 0 aliphatic carbocycles. The second-order valence-corrected chi connectivity index (χ2v) is 8.05. The molecule has 2 aliphatic rings. The van der Waals surface area contributed by atoms with Crippen LogP contribution in [0.3, 0.4) is 0 Å². The number of benzene rings is 1. The van der Waals surface area contributed by atoms with Crippen molar-refractivity contribution >= 4 is 34.2 Å². The average molecular weight is 386 g/mol. The first kappa shape index (κ1) is 17.7. The molecule has 0 saturated carbocycles. The van der Waals surface area contributed by atoms with E-state index in [1.165, 1.54) is 16.9 Å². The van der Waals surface area contributed by atoms with Gasteiger partial charge in [0.15, 0.2) is 0 Å². The van der Waals surface area contributed by atoms with Crippen molar-refractivity contribution in [1.29, 1.82) is 0 Å². The van der Waals surface area contributed by atoms with Gasteiger partial charge in [-0.05, 0) is 29.4 Å². The molecule has 1 saturated heterocycles. The van der Waals surface area contributed by atoms with Crippen molar-refractivity contribution in [2.45, 2.75) is 24.8 Å². The summed E-state index contributed by atoms with van der Waals surface area (Å²) in [6.07, 6.45) is 0.830. The molecule has 140 valence electrons. The summed E-state index contributed by atoms with van der Waals surface area (Å²) >= 11 is 1.17. The number of nitrogens with zero attached hydrogens (tertiary/aromatic N) is 1. The zero-order valence-electron chi connectivity index (χ0n) is 14.3. The van der Waals surface area contributed by atoms with Crippen molar-refractivity contribution in [3.05, 3.63) is 51.9 Å². The number of anilines is 1. The fourth-order valence-corrected chi connectivity index (χ4v) is 5.51. The molecule has 2 aromatic rings. The van der Waals surface area contributed by atoms with Crippen molar-refractivity contribution < 1.29 is 24.6 Å². The number of carbonyl (C=O) groups excluding carboxylic acids is 1. The summed E-state index contributed by atoms with van der Waals surface area (Å²) in [6, 6.07) is 10.2. The lowest BCUT2D eigenvalue weighted by Gasteiger charge is -2.42. The first-order valence-corrected chi connectivity index (χ1v) is 9.46. The van der Waals surface area contributed by atoms with Crippen LogP contribution in [0.4, 0.5) is 5.00 Å². The molecule has 3 unspecified atom stereocenters. The van der Waals surface area contributed by atoms with Crippen molar-refractivity contribution in [2.75, 3.05) is 18.4 Å². The molecular weight excluding hydrogens is 368 g/mol. The molecule has 1 aromatic carbocycles. The van der Waals surface area contributed by atoms with E-state index in [-0.39, 0.29) is 16.5 Å². The highest BCUT2D eigenvalue weighted by Gasteiger charge is 2.39. The van der Waals surface area contributed by atoms with E-state index in [2.05, 4.69) is 22.3 Å². The summed E-state index contributed by atoms with van der Waals surface area (Å²) in [5, 5.41) is 20.9. The number of rotatable bonds is 3. The van der Waals surface area contributed by atoms with Crippen LogP contribution in [0.15, 0.2) is 30.3 Å². The van der Waals surface area contributed by atoms with Gasteiger partial charge < -0.3 is 15.5 Å². The lowest BCUT2D eigenvalue weighted by molar-refractivity contribution is -0.147. The van der Waals surface area contributed by atoms with Gasteiger partial charge >= 0.3 is 17.8 Å². The number of aromatic carboxylic acids is 1. The van der Waals surface area contributed by atoms with Gasteiger partial charge in [0.05, 0.1) is 5.56 Å². The minimum atomic E-state index is -1.63. The number of nitrogens with one attached hydrogen (secondary N) is 1. The first-order valence-electron chi connectivity index (χ1n) is 8.64. The summed E-state index contributed by atoms with van der Waals surface area (Å²) in [5.41, 5.74) is 2.04. The lowest BCUT2D eigenvalue weighted by Crippen LogP contribution is -2.41. The van der Waals surface area contributed by atoms with Gasteiger partial charge in [-0.15, -0.1) is 11.3 Å². The summed E-state index contributed by atoms with van der Waals surface area (Å²) in [4.78, 5) is 37.5. The molecule has 0 spiro atoms. The van der Waals surface area contributed by atoms with Crippen LogP contribution in [0.1, 0.15) is 44.6 Å². The molecule has 1 fully saturated rings. The van der Waals surface area contributed by atoms with E-state index in [4.69, 9.17) is 5.11 Å². The Bertz CT molecular complexity index is 924. The maximum absolute atomic E-state index is 11.9. The smallest absolute Gasteiger partial charge is 0.394 e. The number of aliphatic carboxylic acids is 1. The molecule has 3 N–H and O–H groups in total. The fraction of sp³-hybridized carbons (Fsp3) is 0.316. The number of amides is 1. The van der Waals surface area contributed by atoms with E-state index in [1.807, 2.05) is 18.2 Å². The van der Waals surface area contributed by atoms with Gasteiger partial charge in [0.1, 0.15) is 5.00 Å². The predicted molar refractivity (Wildman–Crippen MR) is 99.4 cm³/mol. The molecule has 3 atom stereocenters. The number of hydrogen-bond donors (Lipinski definition) is 3. The maximum Gasteiger partial charge on any atom is 0.394 e. The Morgan fingerprint density at radius 3 is 2.44 bits per heavy atom. The van der Waals surface area contributed by atoms with Crippen molar-refractivity contribution in [3.8, 4) is 0 Å². The van der Waals surface area contributed by atoms with Crippen LogP contribution in [-0.2, 0) is 16.1 Å². The molecule has 3 heterocycles. The van der Waals surface area contributed by atoms with Gasteiger partial charge in [-0.2, -0.15) is 0 Å². The van der Waals surface area contributed by atoms with E-state index >= 15 is 0 Å². The Hall–Kier alpha value is -2.71. The first-order chi connectivity index (χ1) is 12.9. The molecule has 7 nitrogen and oxygen atoms in total. The highest BCUT2D eigenvalue weighted by molar-refractivity contribution is 7.17.